The summed E-state index contributed by atoms with van der Waals surface area (Å²) in [4.78, 5) is 13.2. The maximum Gasteiger partial charge on any atom is 0.242 e. The Kier molecular flexibility index (Phi) is 5.78. The monoisotopic (exact) mass is 428 g/mol. The lowest BCUT2D eigenvalue weighted by Gasteiger charge is -2.17. The molecule has 0 aliphatic heterocycles. The molecule has 3 aromatic rings. The number of methoxy groups -OCH3 is 1. The number of rotatable bonds is 7. The summed E-state index contributed by atoms with van der Waals surface area (Å²) in [5, 5.41) is 12.3. The number of benzene rings is 2. The van der Waals surface area contributed by atoms with Crippen LogP contribution < -0.4 is 10.1 Å². The average molecular weight is 429 g/mol. The minimum absolute atomic E-state index is 0.148. The van der Waals surface area contributed by atoms with Gasteiger partial charge in [-0.3, -0.25) is 4.79 Å². The van der Waals surface area contributed by atoms with E-state index in [1.54, 1.807) is 25.3 Å². The summed E-state index contributed by atoms with van der Waals surface area (Å²) in [5.41, 5.74) is 1.51. The molecule has 0 unspecified atom stereocenters. The summed E-state index contributed by atoms with van der Waals surface area (Å²) in [7, 11) is 1.56. The number of nitrogens with one attached hydrogen (secondary N) is 1. The molecule has 1 heterocycles. The third-order valence-electron chi connectivity index (χ3n) is 4.73. The Labute approximate surface area is 178 Å². The zero-order chi connectivity index (χ0) is 20.4. The number of aryl methyl sites for hydroxylation is 1. The number of hydrogen-bond acceptors (Lipinski definition) is 5. The number of aromatic nitrogens is 3. The molecule has 0 bridgehead atoms. The van der Waals surface area contributed by atoms with E-state index >= 15 is 0 Å². The van der Waals surface area contributed by atoms with Crippen LogP contribution in [0, 0.1) is 6.92 Å². The molecule has 6 nitrogen and oxygen atoms in total. The van der Waals surface area contributed by atoms with Gasteiger partial charge in [0.25, 0.3) is 0 Å². The number of halogens is 1. The van der Waals surface area contributed by atoms with Crippen LogP contribution in [0.3, 0.4) is 0 Å². The molecular formula is C21H21ClN4O2S. The maximum atomic E-state index is 13.2. The van der Waals surface area contributed by atoms with Crippen LogP contribution >= 0.6 is 23.4 Å². The highest BCUT2D eigenvalue weighted by atomic mass is 35.5. The van der Waals surface area contributed by atoms with Gasteiger partial charge in [0.1, 0.15) is 16.8 Å². The van der Waals surface area contributed by atoms with E-state index in [9.17, 15) is 4.79 Å². The summed E-state index contributed by atoms with van der Waals surface area (Å²) in [6.07, 6.45) is 2.25. The first-order valence-corrected chi connectivity index (χ1v) is 10.6. The summed E-state index contributed by atoms with van der Waals surface area (Å²) < 4.78 is 7.31. The van der Waals surface area contributed by atoms with Gasteiger partial charge < -0.3 is 14.6 Å². The number of nitrogens with zero attached hydrogens (tertiary/aromatic N) is 3. The first-order valence-electron chi connectivity index (χ1n) is 9.34. The van der Waals surface area contributed by atoms with E-state index in [1.165, 1.54) is 11.8 Å². The molecule has 0 spiro atoms. The van der Waals surface area contributed by atoms with Crippen molar-refractivity contribution >= 4 is 35.0 Å². The SMILES string of the molecule is COc1ccc(NC(=O)[C@H](Sc2nnc(C)n2C2CC2)c2ccccc2)cc1Cl. The largest absolute Gasteiger partial charge is 0.495 e. The molecule has 4 rings (SSSR count). The van der Waals surface area contributed by atoms with Crippen molar-refractivity contribution in [3.8, 4) is 5.75 Å². The second-order valence-corrected chi connectivity index (χ2v) is 8.36. The molecule has 1 fully saturated rings. The van der Waals surface area contributed by atoms with Gasteiger partial charge in [-0.25, -0.2) is 0 Å². The van der Waals surface area contributed by atoms with Crippen molar-refractivity contribution in [1.82, 2.24) is 14.8 Å². The molecule has 1 N–H and O–H groups in total. The molecule has 1 aliphatic carbocycles. The van der Waals surface area contributed by atoms with E-state index in [0.717, 1.165) is 29.4 Å². The maximum absolute atomic E-state index is 13.2. The number of carbonyl (C=O) groups is 1. The van der Waals surface area contributed by atoms with Crippen molar-refractivity contribution in [2.75, 3.05) is 12.4 Å². The molecule has 1 aliphatic rings. The van der Waals surface area contributed by atoms with E-state index in [1.807, 2.05) is 37.3 Å². The third kappa shape index (κ3) is 4.41. The number of carbonyl (C=O) groups excluding carboxylic acids is 1. The van der Waals surface area contributed by atoms with E-state index < -0.39 is 5.25 Å². The highest BCUT2D eigenvalue weighted by Crippen LogP contribution is 2.42. The Morgan fingerprint density at radius 3 is 2.66 bits per heavy atom. The smallest absolute Gasteiger partial charge is 0.242 e. The van der Waals surface area contributed by atoms with Crippen molar-refractivity contribution in [3.63, 3.8) is 0 Å². The Balaban J connectivity index is 1.61. The van der Waals surface area contributed by atoms with E-state index in [4.69, 9.17) is 16.3 Å². The van der Waals surface area contributed by atoms with Crippen molar-refractivity contribution < 1.29 is 9.53 Å². The number of ether oxygens (including phenoxy) is 1. The molecule has 1 aromatic heterocycles. The van der Waals surface area contributed by atoms with Gasteiger partial charge in [0.2, 0.25) is 5.91 Å². The molecule has 1 atom stereocenters. The van der Waals surface area contributed by atoms with Gasteiger partial charge in [0.15, 0.2) is 5.16 Å². The van der Waals surface area contributed by atoms with Gasteiger partial charge in [-0.05, 0) is 43.5 Å². The second kappa shape index (κ2) is 8.47. The fourth-order valence-electron chi connectivity index (χ4n) is 3.14. The van der Waals surface area contributed by atoms with E-state index in [0.29, 0.717) is 22.5 Å². The van der Waals surface area contributed by atoms with Crippen molar-refractivity contribution in [1.29, 1.82) is 0 Å². The molecule has 1 saturated carbocycles. The van der Waals surface area contributed by atoms with Gasteiger partial charge in [-0.2, -0.15) is 0 Å². The summed E-state index contributed by atoms with van der Waals surface area (Å²) in [6.45, 7) is 1.95. The van der Waals surface area contributed by atoms with E-state index in [-0.39, 0.29) is 5.91 Å². The zero-order valence-corrected chi connectivity index (χ0v) is 17.7. The molecule has 0 radical (unpaired) electrons. The first kappa shape index (κ1) is 19.8. The fourth-order valence-corrected chi connectivity index (χ4v) is 4.55. The Morgan fingerprint density at radius 2 is 2.00 bits per heavy atom. The van der Waals surface area contributed by atoms with Crippen LogP contribution in [0.4, 0.5) is 5.69 Å². The minimum Gasteiger partial charge on any atom is -0.495 e. The average Bonchev–Trinajstić information content (AvgIpc) is 3.49. The molecule has 8 heteroatoms. The highest BCUT2D eigenvalue weighted by Gasteiger charge is 2.31. The molecule has 150 valence electrons. The van der Waals surface area contributed by atoms with Gasteiger partial charge in [0, 0.05) is 11.7 Å². The topological polar surface area (TPSA) is 69.0 Å². The van der Waals surface area contributed by atoms with Crippen molar-refractivity contribution in [3.05, 3.63) is 64.9 Å². The lowest BCUT2D eigenvalue weighted by Crippen LogP contribution is -2.19. The number of hydrogen-bond donors (Lipinski definition) is 1. The van der Waals surface area contributed by atoms with Crippen LogP contribution in [-0.4, -0.2) is 27.8 Å². The summed E-state index contributed by atoms with van der Waals surface area (Å²) >= 11 is 7.62. The predicted molar refractivity (Wildman–Crippen MR) is 115 cm³/mol. The normalized spacial score (nSPS) is 14.4. The van der Waals surface area contributed by atoms with Gasteiger partial charge in [-0.15, -0.1) is 10.2 Å². The molecular weight excluding hydrogens is 408 g/mol. The van der Waals surface area contributed by atoms with Crippen LogP contribution in [0.1, 0.15) is 35.5 Å². The molecule has 0 saturated heterocycles. The second-order valence-electron chi connectivity index (χ2n) is 6.88. The van der Waals surface area contributed by atoms with Gasteiger partial charge >= 0.3 is 0 Å². The number of amides is 1. The molecule has 2 aromatic carbocycles. The predicted octanol–water partition coefficient (Wildman–Crippen LogP) is 5.06. The van der Waals surface area contributed by atoms with Crippen LogP contribution in [0.15, 0.2) is 53.7 Å². The Hall–Kier alpha value is -2.51. The standard InChI is InChI=1S/C21H21ClN4O2S/c1-13-24-25-21(26(13)16-9-10-16)29-19(14-6-4-3-5-7-14)20(27)23-15-8-11-18(28-2)17(22)12-15/h3-8,11-12,16,19H,9-10H2,1-2H3,(H,23,27)/t19-/m1/s1. The van der Waals surface area contributed by atoms with Crippen molar-refractivity contribution in [2.24, 2.45) is 0 Å². The van der Waals surface area contributed by atoms with E-state index in [2.05, 4.69) is 20.1 Å². The van der Waals surface area contributed by atoms with Crippen LogP contribution in [0.2, 0.25) is 5.02 Å². The lowest BCUT2D eigenvalue weighted by atomic mass is 10.1. The number of thioether (sulfide) groups is 1. The summed E-state index contributed by atoms with van der Waals surface area (Å²) in [5.74, 6) is 1.29. The van der Waals surface area contributed by atoms with Crippen LogP contribution in [0.5, 0.6) is 5.75 Å². The van der Waals surface area contributed by atoms with Crippen molar-refractivity contribution in [2.45, 2.75) is 36.2 Å². The lowest BCUT2D eigenvalue weighted by molar-refractivity contribution is -0.115. The quantitative estimate of drug-likeness (QED) is 0.533. The minimum atomic E-state index is -0.474. The Morgan fingerprint density at radius 1 is 1.24 bits per heavy atom. The third-order valence-corrected chi connectivity index (χ3v) is 6.24. The van der Waals surface area contributed by atoms with Crippen LogP contribution in [0.25, 0.3) is 0 Å². The number of anilines is 1. The fraction of sp³-hybridized carbons (Fsp3) is 0.286. The highest BCUT2D eigenvalue weighted by molar-refractivity contribution is 8.00. The first-order chi connectivity index (χ1) is 14.1. The van der Waals surface area contributed by atoms with Gasteiger partial charge in [-0.1, -0.05) is 53.7 Å². The molecule has 29 heavy (non-hydrogen) atoms. The van der Waals surface area contributed by atoms with Gasteiger partial charge in [0.05, 0.1) is 12.1 Å². The zero-order valence-electron chi connectivity index (χ0n) is 16.1. The Bertz CT molecular complexity index is 1020. The van der Waals surface area contributed by atoms with Crippen LogP contribution in [-0.2, 0) is 4.79 Å². The molecule has 1 amide bonds. The summed E-state index contributed by atoms with van der Waals surface area (Å²) in [6, 6.07) is 15.3.